The Balaban J connectivity index is 2.40. The molecule has 0 aliphatic carbocycles. The summed E-state index contributed by atoms with van der Waals surface area (Å²) in [5.41, 5.74) is 5.60. The first kappa shape index (κ1) is 11.0. The fraction of sp³-hybridized carbons (Fsp3) is 1.00. The third-order valence-corrected chi connectivity index (χ3v) is 3.05. The number of aliphatic hydroxyl groups excluding tert-OH is 1. The molecule has 3 heteroatoms. The Hall–Kier alpha value is -0.120. The summed E-state index contributed by atoms with van der Waals surface area (Å²) in [4.78, 5) is 2.34. The molecule has 0 aromatic rings. The molecule has 0 aromatic carbocycles. The van der Waals surface area contributed by atoms with Gasteiger partial charge >= 0.3 is 0 Å². The summed E-state index contributed by atoms with van der Waals surface area (Å²) in [6, 6.07) is 0.185. The maximum absolute atomic E-state index is 9.11. The highest BCUT2D eigenvalue weighted by molar-refractivity contribution is 4.75. The molecule has 0 bridgehead atoms. The maximum Gasteiger partial charge on any atom is 0.0599 e. The number of likely N-dealkylation sites (tertiary alicyclic amines) is 1. The second-order valence-electron chi connectivity index (χ2n) is 4.14. The van der Waals surface area contributed by atoms with Crippen molar-refractivity contribution in [3.8, 4) is 0 Å². The molecule has 1 aliphatic heterocycles. The molecule has 0 amide bonds. The van der Waals surface area contributed by atoms with Gasteiger partial charge in [-0.05, 0) is 38.3 Å². The molecule has 1 saturated heterocycles. The second-order valence-corrected chi connectivity index (χ2v) is 4.14. The Kier molecular flexibility index (Phi) is 4.70. The first-order valence-electron chi connectivity index (χ1n) is 5.33. The predicted octanol–water partition coefficient (Wildman–Crippen LogP) is 0.428. The Morgan fingerprint density at radius 1 is 1.46 bits per heavy atom. The third-order valence-electron chi connectivity index (χ3n) is 3.05. The summed E-state index contributed by atoms with van der Waals surface area (Å²) < 4.78 is 0. The van der Waals surface area contributed by atoms with E-state index in [0.717, 1.165) is 19.0 Å². The van der Waals surface area contributed by atoms with Gasteiger partial charge < -0.3 is 10.8 Å². The minimum Gasteiger partial charge on any atom is -0.395 e. The zero-order valence-electron chi connectivity index (χ0n) is 8.58. The van der Waals surface area contributed by atoms with Crippen LogP contribution in [-0.2, 0) is 0 Å². The fourth-order valence-corrected chi connectivity index (χ4v) is 1.99. The van der Waals surface area contributed by atoms with Crippen LogP contribution in [0, 0.1) is 5.92 Å². The quantitative estimate of drug-likeness (QED) is 0.672. The lowest BCUT2D eigenvalue weighted by molar-refractivity contribution is 0.130. The Morgan fingerprint density at radius 3 is 2.85 bits per heavy atom. The van der Waals surface area contributed by atoms with Gasteiger partial charge in [0.1, 0.15) is 0 Å². The van der Waals surface area contributed by atoms with E-state index in [4.69, 9.17) is 10.8 Å². The van der Waals surface area contributed by atoms with Gasteiger partial charge in [0, 0.05) is 12.6 Å². The molecular formula is C10H22N2O. The molecule has 0 saturated carbocycles. The number of hydrogen-bond donors (Lipinski definition) is 2. The van der Waals surface area contributed by atoms with Crippen molar-refractivity contribution in [3.05, 3.63) is 0 Å². The van der Waals surface area contributed by atoms with Crippen LogP contribution in [0.25, 0.3) is 0 Å². The molecule has 2 atom stereocenters. The summed E-state index contributed by atoms with van der Waals surface area (Å²) in [5, 5.41) is 9.11. The summed E-state index contributed by atoms with van der Waals surface area (Å²) in [7, 11) is 0. The van der Waals surface area contributed by atoms with Crippen molar-refractivity contribution < 1.29 is 5.11 Å². The zero-order valence-corrected chi connectivity index (χ0v) is 8.58. The lowest BCUT2D eigenvalue weighted by atomic mass is 10.0. The molecule has 0 spiro atoms. The Labute approximate surface area is 80.9 Å². The van der Waals surface area contributed by atoms with Crippen molar-refractivity contribution in [2.45, 2.75) is 32.2 Å². The molecule has 3 nitrogen and oxygen atoms in total. The van der Waals surface area contributed by atoms with E-state index in [1.807, 2.05) is 0 Å². The van der Waals surface area contributed by atoms with E-state index in [1.165, 1.54) is 19.3 Å². The SMILES string of the molecule is CC1CCCN(C(CN)CO)CC1. The van der Waals surface area contributed by atoms with E-state index < -0.39 is 0 Å². The molecule has 78 valence electrons. The zero-order chi connectivity index (χ0) is 9.68. The van der Waals surface area contributed by atoms with Gasteiger partial charge in [0.25, 0.3) is 0 Å². The highest BCUT2D eigenvalue weighted by Gasteiger charge is 2.19. The van der Waals surface area contributed by atoms with Crippen molar-refractivity contribution in [1.82, 2.24) is 4.90 Å². The van der Waals surface area contributed by atoms with Crippen LogP contribution in [0.3, 0.4) is 0 Å². The van der Waals surface area contributed by atoms with E-state index >= 15 is 0 Å². The van der Waals surface area contributed by atoms with E-state index in [1.54, 1.807) is 0 Å². The summed E-state index contributed by atoms with van der Waals surface area (Å²) in [6.45, 7) is 5.28. The van der Waals surface area contributed by atoms with Crippen LogP contribution >= 0.6 is 0 Å². The van der Waals surface area contributed by atoms with Crippen LogP contribution < -0.4 is 5.73 Å². The number of nitrogens with two attached hydrogens (primary N) is 1. The third kappa shape index (κ3) is 3.25. The smallest absolute Gasteiger partial charge is 0.0599 e. The van der Waals surface area contributed by atoms with Gasteiger partial charge in [-0.2, -0.15) is 0 Å². The highest BCUT2D eigenvalue weighted by atomic mass is 16.3. The van der Waals surface area contributed by atoms with E-state index in [-0.39, 0.29) is 12.6 Å². The first-order valence-corrected chi connectivity index (χ1v) is 5.33. The molecular weight excluding hydrogens is 164 g/mol. The Morgan fingerprint density at radius 2 is 2.23 bits per heavy atom. The Bertz CT molecular complexity index is 137. The number of aliphatic hydroxyl groups is 1. The van der Waals surface area contributed by atoms with Crippen LogP contribution in [0.15, 0.2) is 0 Å². The molecule has 3 N–H and O–H groups in total. The summed E-state index contributed by atoms with van der Waals surface area (Å²) in [5.74, 6) is 0.835. The molecule has 13 heavy (non-hydrogen) atoms. The lowest BCUT2D eigenvalue weighted by Gasteiger charge is -2.27. The maximum atomic E-state index is 9.11. The van der Waals surface area contributed by atoms with Crippen molar-refractivity contribution in [2.75, 3.05) is 26.2 Å². The van der Waals surface area contributed by atoms with Gasteiger partial charge in [-0.15, -0.1) is 0 Å². The molecule has 1 rings (SSSR count). The topological polar surface area (TPSA) is 49.5 Å². The monoisotopic (exact) mass is 186 g/mol. The largest absolute Gasteiger partial charge is 0.395 e. The average Bonchev–Trinajstić information content (AvgIpc) is 2.34. The van der Waals surface area contributed by atoms with Gasteiger partial charge in [-0.25, -0.2) is 0 Å². The molecule has 1 aliphatic rings. The van der Waals surface area contributed by atoms with Gasteiger partial charge in [-0.1, -0.05) is 6.92 Å². The van der Waals surface area contributed by atoms with Crippen LogP contribution in [0.1, 0.15) is 26.2 Å². The number of nitrogens with zero attached hydrogens (tertiary/aromatic N) is 1. The fourth-order valence-electron chi connectivity index (χ4n) is 1.99. The van der Waals surface area contributed by atoms with E-state index in [2.05, 4.69) is 11.8 Å². The van der Waals surface area contributed by atoms with Gasteiger partial charge in [0.15, 0.2) is 0 Å². The van der Waals surface area contributed by atoms with Crippen LogP contribution in [0.5, 0.6) is 0 Å². The van der Waals surface area contributed by atoms with E-state index in [0.29, 0.717) is 6.54 Å². The summed E-state index contributed by atoms with van der Waals surface area (Å²) >= 11 is 0. The lowest BCUT2D eigenvalue weighted by Crippen LogP contribution is -2.43. The van der Waals surface area contributed by atoms with Crippen LogP contribution in [0.2, 0.25) is 0 Å². The number of rotatable bonds is 3. The molecule has 1 fully saturated rings. The van der Waals surface area contributed by atoms with Crippen molar-refractivity contribution in [3.63, 3.8) is 0 Å². The second kappa shape index (κ2) is 5.58. The molecule has 0 aromatic heterocycles. The normalized spacial score (nSPS) is 28.4. The first-order chi connectivity index (χ1) is 6.27. The van der Waals surface area contributed by atoms with Crippen LogP contribution in [-0.4, -0.2) is 42.3 Å². The predicted molar refractivity (Wildman–Crippen MR) is 54.5 cm³/mol. The van der Waals surface area contributed by atoms with Crippen LogP contribution in [0.4, 0.5) is 0 Å². The minimum atomic E-state index is 0.185. The standard InChI is InChI=1S/C10H22N2O/c1-9-3-2-5-12(6-4-9)10(7-11)8-13/h9-10,13H,2-8,11H2,1H3. The number of hydrogen-bond acceptors (Lipinski definition) is 3. The molecule has 2 unspecified atom stereocenters. The molecule has 0 radical (unpaired) electrons. The van der Waals surface area contributed by atoms with Crippen molar-refractivity contribution >= 4 is 0 Å². The minimum absolute atomic E-state index is 0.185. The highest BCUT2D eigenvalue weighted by Crippen LogP contribution is 2.17. The summed E-state index contributed by atoms with van der Waals surface area (Å²) in [6.07, 6.45) is 3.81. The van der Waals surface area contributed by atoms with Crippen molar-refractivity contribution in [2.24, 2.45) is 11.7 Å². The van der Waals surface area contributed by atoms with Crippen molar-refractivity contribution in [1.29, 1.82) is 0 Å². The van der Waals surface area contributed by atoms with Gasteiger partial charge in [0.2, 0.25) is 0 Å². The van der Waals surface area contributed by atoms with Gasteiger partial charge in [0.05, 0.1) is 6.61 Å². The average molecular weight is 186 g/mol. The van der Waals surface area contributed by atoms with E-state index in [9.17, 15) is 0 Å². The molecule has 1 heterocycles. The van der Waals surface area contributed by atoms with Gasteiger partial charge in [-0.3, -0.25) is 4.90 Å².